The number of benzene rings is 1. The molecule has 1 aromatic rings. The van der Waals surface area contributed by atoms with Crippen molar-refractivity contribution in [2.45, 2.75) is 64.8 Å². The summed E-state index contributed by atoms with van der Waals surface area (Å²) in [5.74, 6) is 2.19. The summed E-state index contributed by atoms with van der Waals surface area (Å²) in [6.07, 6.45) is 7.89. The van der Waals surface area contributed by atoms with Gasteiger partial charge in [-0.3, -0.25) is 9.59 Å². The monoisotopic (exact) mass is 413 g/mol. The van der Waals surface area contributed by atoms with E-state index in [2.05, 4.69) is 16.0 Å². The molecule has 3 N–H and O–H groups in total. The number of amides is 2. The number of carbonyl (C=O) groups is 2. The van der Waals surface area contributed by atoms with Crippen molar-refractivity contribution in [1.82, 2.24) is 10.6 Å². The largest absolute Gasteiger partial charge is 0.350 e. The van der Waals surface area contributed by atoms with E-state index in [0.29, 0.717) is 10.7 Å². The molecule has 0 aliphatic heterocycles. The third-order valence-electron chi connectivity index (χ3n) is 7.14. The zero-order valence-corrected chi connectivity index (χ0v) is 18.1. The lowest BCUT2D eigenvalue weighted by Gasteiger charge is -2.55. The lowest BCUT2D eigenvalue weighted by molar-refractivity contribution is -0.144. The summed E-state index contributed by atoms with van der Waals surface area (Å²) in [4.78, 5) is 25.3. The lowest BCUT2D eigenvalue weighted by Crippen LogP contribution is -2.55. The van der Waals surface area contributed by atoms with E-state index in [0.717, 1.165) is 49.1 Å². The highest BCUT2D eigenvalue weighted by molar-refractivity contribution is 7.80. The average Bonchev–Trinajstić information content (AvgIpc) is 2.67. The van der Waals surface area contributed by atoms with Gasteiger partial charge in [-0.25, -0.2) is 0 Å². The second kappa shape index (κ2) is 8.05. The Balaban J connectivity index is 1.33. The number of hydrogen-bond donors (Lipinski definition) is 3. The molecule has 1 unspecified atom stereocenters. The minimum Gasteiger partial charge on any atom is -0.350 e. The fourth-order valence-electron chi connectivity index (χ4n) is 5.90. The first kappa shape index (κ1) is 20.3. The molecular weight excluding hydrogens is 382 g/mol. The molecule has 0 aromatic heterocycles. The molecule has 0 spiro atoms. The van der Waals surface area contributed by atoms with Gasteiger partial charge in [-0.05, 0) is 106 Å². The van der Waals surface area contributed by atoms with Crippen molar-refractivity contribution in [3.05, 3.63) is 29.8 Å². The molecule has 0 radical (unpaired) electrons. The van der Waals surface area contributed by atoms with E-state index in [1.165, 1.54) is 19.3 Å². The van der Waals surface area contributed by atoms with Crippen LogP contribution in [0.1, 0.15) is 69.2 Å². The minimum atomic E-state index is -0.210. The maximum absolute atomic E-state index is 13.1. The van der Waals surface area contributed by atoms with Crippen LogP contribution in [0.4, 0.5) is 5.69 Å². The van der Waals surface area contributed by atoms with Crippen molar-refractivity contribution in [3.63, 3.8) is 0 Å². The predicted molar refractivity (Wildman–Crippen MR) is 119 cm³/mol. The molecular formula is C23H31N3O2S. The quantitative estimate of drug-likeness (QED) is 0.632. The van der Waals surface area contributed by atoms with Gasteiger partial charge in [-0.2, -0.15) is 0 Å². The van der Waals surface area contributed by atoms with Crippen LogP contribution >= 0.6 is 12.2 Å². The highest BCUT2D eigenvalue weighted by Gasteiger charge is 2.54. The molecule has 4 fully saturated rings. The summed E-state index contributed by atoms with van der Waals surface area (Å²) >= 11 is 5.40. The number of hydrogen-bond acceptors (Lipinski definition) is 3. The molecule has 0 saturated heterocycles. The maximum Gasteiger partial charge on any atom is 0.251 e. The van der Waals surface area contributed by atoms with Crippen LogP contribution in [-0.4, -0.2) is 23.0 Å². The molecule has 29 heavy (non-hydrogen) atoms. The van der Waals surface area contributed by atoms with Crippen molar-refractivity contribution in [2.75, 3.05) is 5.32 Å². The van der Waals surface area contributed by atoms with E-state index in [1.807, 2.05) is 26.0 Å². The smallest absolute Gasteiger partial charge is 0.251 e. The van der Waals surface area contributed by atoms with Gasteiger partial charge in [0, 0.05) is 17.3 Å². The fourth-order valence-corrected chi connectivity index (χ4v) is 6.11. The number of anilines is 1. The van der Waals surface area contributed by atoms with E-state index in [9.17, 15) is 9.59 Å². The second-order valence-corrected chi connectivity index (χ2v) is 9.87. The Kier molecular flexibility index (Phi) is 5.65. The van der Waals surface area contributed by atoms with E-state index in [4.69, 9.17) is 12.2 Å². The highest BCUT2D eigenvalue weighted by Crippen LogP contribution is 2.60. The zero-order chi connectivity index (χ0) is 20.6. The van der Waals surface area contributed by atoms with Crippen molar-refractivity contribution in [2.24, 2.45) is 23.2 Å². The first-order chi connectivity index (χ1) is 13.9. The molecule has 4 bridgehead atoms. The Bertz CT molecular complexity index is 770. The molecule has 6 heteroatoms. The van der Waals surface area contributed by atoms with Crippen LogP contribution in [0.5, 0.6) is 0 Å². The number of rotatable bonds is 5. The average molecular weight is 414 g/mol. The summed E-state index contributed by atoms with van der Waals surface area (Å²) < 4.78 is 0. The summed E-state index contributed by atoms with van der Waals surface area (Å²) in [6.45, 7) is 4.02. The van der Waals surface area contributed by atoms with Crippen molar-refractivity contribution < 1.29 is 9.59 Å². The number of carbonyl (C=O) groups excluding carboxylic acids is 2. The van der Waals surface area contributed by atoms with Crippen LogP contribution < -0.4 is 16.0 Å². The molecule has 0 heterocycles. The third-order valence-corrected chi connectivity index (χ3v) is 7.35. The summed E-state index contributed by atoms with van der Waals surface area (Å²) in [7, 11) is 0. The van der Waals surface area contributed by atoms with Gasteiger partial charge >= 0.3 is 0 Å². The van der Waals surface area contributed by atoms with Gasteiger partial charge in [-0.15, -0.1) is 0 Å². The van der Waals surface area contributed by atoms with Crippen molar-refractivity contribution >= 4 is 34.8 Å². The Hall–Kier alpha value is -1.95. The Morgan fingerprint density at radius 1 is 1.07 bits per heavy atom. The van der Waals surface area contributed by atoms with Gasteiger partial charge in [0.2, 0.25) is 5.91 Å². The first-order valence-electron chi connectivity index (χ1n) is 10.9. The SMILES string of the molecule is CCC(C)NC(=O)c1ccc(NC(=S)NC(=O)C23CC4CC(CC(C4)C2)C3)cc1. The summed E-state index contributed by atoms with van der Waals surface area (Å²) in [5, 5.41) is 9.34. The molecule has 2 amide bonds. The Labute approximate surface area is 178 Å². The van der Waals surface area contributed by atoms with Crippen LogP contribution in [0.2, 0.25) is 0 Å². The normalized spacial score (nSPS) is 30.5. The van der Waals surface area contributed by atoms with Crippen LogP contribution in [0, 0.1) is 23.2 Å². The molecule has 5 nitrogen and oxygen atoms in total. The van der Waals surface area contributed by atoms with Crippen LogP contribution in [0.3, 0.4) is 0 Å². The van der Waals surface area contributed by atoms with Crippen molar-refractivity contribution in [3.8, 4) is 0 Å². The van der Waals surface area contributed by atoms with Gasteiger partial charge in [0.1, 0.15) is 0 Å². The molecule has 1 aromatic carbocycles. The van der Waals surface area contributed by atoms with Gasteiger partial charge < -0.3 is 16.0 Å². The van der Waals surface area contributed by atoms with Gasteiger partial charge in [0.15, 0.2) is 5.11 Å². The predicted octanol–water partition coefficient (Wildman–Crippen LogP) is 4.24. The minimum absolute atomic E-state index is 0.0800. The zero-order valence-electron chi connectivity index (χ0n) is 17.3. The molecule has 1 atom stereocenters. The standard InChI is InChI=1S/C23H31N3O2S/c1-3-14(2)24-20(27)18-4-6-19(7-5-18)25-22(29)26-21(28)23-11-15-8-16(12-23)10-17(9-15)13-23/h4-7,14-17H,3,8-13H2,1-2H3,(H,24,27)(H2,25,26,28,29). The summed E-state index contributed by atoms with van der Waals surface area (Å²) in [6, 6.07) is 7.31. The van der Waals surface area contributed by atoms with Gasteiger partial charge in [0.05, 0.1) is 5.41 Å². The van der Waals surface area contributed by atoms with Gasteiger partial charge in [0.25, 0.3) is 5.91 Å². The van der Waals surface area contributed by atoms with Crippen LogP contribution in [0.15, 0.2) is 24.3 Å². The Morgan fingerprint density at radius 3 is 2.14 bits per heavy atom. The van der Waals surface area contributed by atoms with E-state index in [-0.39, 0.29) is 23.3 Å². The molecule has 4 aliphatic rings. The molecule has 5 rings (SSSR count). The van der Waals surface area contributed by atoms with E-state index >= 15 is 0 Å². The number of thiocarbonyl (C=S) groups is 1. The van der Waals surface area contributed by atoms with Gasteiger partial charge in [-0.1, -0.05) is 6.92 Å². The molecule has 4 aliphatic carbocycles. The first-order valence-corrected chi connectivity index (χ1v) is 11.3. The fraction of sp³-hybridized carbons (Fsp3) is 0.609. The third kappa shape index (κ3) is 4.32. The van der Waals surface area contributed by atoms with Crippen molar-refractivity contribution in [1.29, 1.82) is 0 Å². The molecule has 156 valence electrons. The van der Waals surface area contributed by atoms with E-state index in [1.54, 1.807) is 12.1 Å². The number of nitrogens with one attached hydrogen (secondary N) is 3. The van der Waals surface area contributed by atoms with E-state index < -0.39 is 0 Å². The Morgan fingerprint density at radius 2 is 1.62 bits per heavy atom. The summed E-state index contributed by atoms with van der Waals surface area (Å²) in [5.41, 5.74) is 1.17. The lowest BCUT2D eigenvalue weighted by atomic mass is 9.49. The maximum atomic E-state index is 13.1. The topological polar surface area (TPSA) is 70.2 Å². The second-order valence-electron chi connectivity index (χ2n) is 9.47. The van der Waals surface area contributed by atoms with Crippen LogP contribution in [0.25, 0.3) is 0 Å². The van der Waals surface area contributed by atoms with Crippen LogP contribution in [-0.2, 0) is 4.79 Å². The highest BCUT2D eigenvalue weighted by atomic mass is 32.1. The molecule has 4 saturated carbocycles.